The minimum atomic E-state index is -2.25. The van der Waals surface area contributed by atoms with Crippen LogP contribution in [-0.4, -0.2) is 57.4 Å². The van der Waals surface area contributed by atoms with Crippen LogP contribution in [0.1, 0.15) is 12.0 Å². The van der Waals surface area contributed by atoms with Crippen molar-refractivity contribution in [3.8, 4) is 0 Å². The van der Waals surface area contributed by atoms with Gasteiger partial charge in [-0.25, -0.2) is 17.4 Å². The fourth-order valence-electron chi connectivity index (χ4n) is 3.47. The molecule has 0 N–H and O–H groups in total. The zero-order valence-electron chi connectivity index (χ0n) is 15.4. The Labute approximate surface area is 162 Å². The number of hydrogen-bond acceptors (Lipinski definition) is 6. The minimum absolute atomic E-state index is 0.0890. The first kappa shape index (κ1) is 18.9. The van der Waals surface area contributed by atoms with E-state index in [0.29, 0.717) is 48.8 Å². The fraction of sp³-hybridized carbons (Fsp3) is 0.444. The molecule has 1 aromatic heterocycles. The Bertz CT molecular complexity index is 978. The van der Waals surface area contributed by atoms with Crippen LogP contribution < -0.4 is 4.90 Å². The van der Waals surface area contributed by atoms with Crippen molar-refractivity contribution in [3.05, 3.63) is 47.8 Å². The summed E-state index contributed by atoms with van der Waals surface area (Å²) in [5.41, 5.74) is 0.785. The number of halogens is 2. The Morgan fingerprint density at radius 1 is 1.29 bits per heavy atom. The van der Waals surface area contributed by atoms with Gasteiger partial charge in [0.2, 0.25) is 0 Å². The second-order valence-electron chi connectivity index (χ2n) is 6.84. The number of hydrogen-bond donors (Lipinski definition) is 0. The van der Waals surface area contributed by atoms with Gasteiger partial charge in [0.1, 0.15) is 17.3 Å². The van der Waals surface area contributed by atoms with E-state index in [9.17, 15) is 13.0 Å². The Hall–Kier alpha value is -2.49. The van der Waals surface area contributed by atoms with Gasteiger partial charge in [-0.3, -0.25) is 4.68 Å². The predicted octanol–water partition coefficient (Wildman–Crippen LogP) is 2.27. The number of oxime groups is 1. The smallest absolute Gasteiger partial charge is 0.152 e. The summed E-state index contributed by atoms with van der Waals surface area (Å²) in [4.78, 5) is 6.98. The van der Waals surface area contributed by atoms with Crippen LogP contribution in [-0.2, 0) is 21.1 Å². The molecule has 1 aromatic carbocycles. The molecule has 150 valence electrons. The predicted molar refractivity (Wildman–Crippen MR) is 103 cm³/mol. The summed E-state index contributed by atoms with van der Waals surface area (Å²) in [6.45, 7) is 1.12. The van der Waals surface area contributed by atoms with Crippen LogP contribution in [0.3, 0.4) is 0 Å². The standard InChI is InChI=1S/C18H21F2N5O2S/c1-21-28(26)7-5-24(6-8-28)18-15(19)9-13(10-16(18)20)17-11-14(27-23-17)12-25-4-2-3-22-25/h2-4,9-10,14H,5-8,11-12H2,1H3/t14-/m1/s1. The Kier molecular flexibility index (Phi) is 5.05. The summed E-state index contributed by atoms with van der Waals surface area (Å²) in [5, 5.41) is 8.12. The van der Waals surface area contributed by atoms with Gasteiger partial charge in [-0.05, 0) is 18.2 Å². The molecule has 3 heterocycles. The third-order valence-corrected chi connectivity index (χ3v) is 7.35. The lowest BCUT2D eigenvalue weighted by molar-refractivity contribution is 0.0698. The molecule has 10 heteroatoms. The summed E-state index contributed by atoms with van der Waals surface area (Å²) in [5.74, 6) is -0.704. The van der Waals surface area contributed by atoms with Gasteiger partial charge in [0, 0.05) is 65.7 Å². The molecular formula is C18H21F2N5O2S. The SMILES string of the molecule is CN=S1(=O)CCN(c2c(F)cc(C3=NO[C@@H](Cn4cccn4)C3)cc2F)CC1. The lowest BCUT2D eigenvalue weighted by Gasteiger charge is -2.31. The van der Waals surface area contributed by atoms with Crippen molar-refractivity contribution >= 4 is 21.1 Å². The average Bonchev–Trinajstić information content (AvgIpc) is 3.35. The highest BCUT2D eigenvalue weighted by atomic mass is 32.2. The van der Waals surface area contributed by atoms with Crippen LogP contribution in [0, 0.1) is 11.6 Å². The van der Waals surface area contributed by atoms with E-state index in [-0.39, 0.29) is 11.8 Å². The normalized spacial score (nSPS) is 21.3. The van der Waals surface area contributed by atoms with Gasteiger partial charge in [-0.2, -0.15) is 5.10 Å². The first-order chi connectivity index (χ1) is 13.5. The number of nitrogens with zero attached hydrogens (tertiary/aromatic N) is 5. The van der Waals surface area contributed by atoms with Gasteiger partial charge in [-0.1, -0.05) is 5.16 Å². The Balaban J connectivity index is 1.48. The van der Waals surface area contributed by atoms with Crippen molar-refractivity contribution in [2.75, 3.05) is 36.5 Å². The quantitative estimate of drug-likeness (QED) is 0.777. The van der Waals surface area contributed by atoms with Crippen LogP contribution in [0.5, 0.6) is 0 Å². The van der Waals surface area contributed by atoms with E-state index in [4.69, 9.17) is 4.84 Å². The van der Waals surface area contributed by atoms with Crippen LogP contribution in [0.15, 0.2) is 40.1 Å². The van der Waals surface area contributed by atoms with Crippen molar-refractivity contribution in [2.45, 2.75) is 19.1 Å². The fourth-order valence-corrected chi connectivity index (χ4v) is 5.05. The van der Waals surface area contributed by atoms with Crippen LogP contribution in [0.2, 0.25) is 0 Å². The number of benzene rings is 1. The molecule has 0 saturated carbocycles. The molecule has 0 radical (unpaired) electrons. The van der Waals surface area contributed by atoms with E-state index in [0.717, 1.165) is 0 Å². The lowest BCUT2D eigenvalue weighted by atomic mass is 10.0. The summed E-state index contributed by atoms with van der Waals surface area (Å²) in [7, 11) is -0.722. The lowest BCUT2D eigenvalue weighted by Crippen LogP contribution is -2.41. The second-order valence-corrected chi connectivity index (χ2v) is 9.56. The molecule has 4 rings (SSSR count). The molecule has 0 unspecified atom stereocenters. The van der Waals surface area contributed by atoms with E-state index in [1.807, 2.05) is 12.3 Å². The molecule has 7 nitrogen and oxygen atoms in total. The highest BCUT2D eigenvalue weighted by molar-refractivity contribution is 7.93. The molecular weight excluding hydrogens is 388 g/mol. The molecule has 1 fully saturated rings. The zero-order chi connectivity index (χ0) is 19.7. The van der Waals surface area contributed by atoms with Gasteiger partial charge < -0.3 is 9.74 Å². The van der Waals surface area contributed by atoms with Crippen molar-refractivity contribution < 1.29 is 17.8 Å². The van der Waals surface area contributed by atoms with E-state index < -0.39 is 21.4 Å². The molecule has 1 saturated heterocycles. The first-order valence-corrected chi connectivity index (χ1v) is 10.9. The molecule has 2 aromatic rings. The highest BCUT2D eigenvalue weighted by Crippen LogP contribution is 2.29. The molecule has 2 aliphatic heterocycles. The van der Waals surface area contributed by atoms with Gasteiger partial charge >= 0.3 is 0 Å². The van der Waals surface area contributed by atoms with Crippen molar-refractivity contribution in [1.29, 1.82) is 0 Å². The topological polar surface area (TPSA) is 72.1 Å². The number of rotatable bonds is 4. The monoisotopic (exact) mass is 409 g/mol. The largest absolute Gasteiger partial charge is 0.390 e. The third kappa shape index (κ3) is 3.73. The molecule has 0 bridgehead atoms. The highest BCUT2D eigenvalue weighted by Gasteiger charge is 2.28. The van der Waals surface area contributed by atoms with E-state index in [2.05, 4.69) is 14.6 Å². The van der Waals surface area contributed by atoms with Gasteiger partial charge in [0.15, 0.2) is 6.10 Å². The van der Waals surface area contributed by atoms with E-state index in [1.165, 1.54) is 19.2 Å². The minimum Gasteiger partial charge on any atom is -0.390 e. The Morgan fingerprint density at radius 3 is 2.61 bits per heavy atom. The molecule has 28 heavy (non-hydrogen) atoms. The van der Waals surface area contributed by atoms with Gasteiger partial charge in [0.05, 0.1) is 12.3 Å². The number of aromatic nitrogens is 2. The maximum absolute atomic E-state index is 14.7. The Morgan fingerprint density at radius 2 is 2.00 bits per heavy atom. The molecule has 0 aliphatic carbocycles. The molecule has 0 spiro atoms. The summed E-state index contributed by atoms with van der Waals surface area (Å²) in [6.07, 6.45) is 3.71. The molecule has 1 atom stereocenters. The van der Waals surface area contributed by atoms with Crippen LogP contribution >= 0.6 is 0 Å². The van der Waals surface area contributed by atoms with Gasteiger partial charge in [0.25, 0.3) is 0 Å². The average molecular weight is 409 g/mol. The van der Waals surface area contributed by atoms with E-state index >= 15 is 0 Å². The third-order valence-electron chi connectivity index (χ3n) is 5.04. The summed E-state index contributed by atoms with van der Waals surface area (Å²) >= 11 is 0. The summed E-state index contributed by atoms with van der Waals surface area (Å²) in [6, 6.07) is 4.38. The summed E-state index contributed by atoms with van der Waals surface area (Å²) < 4.78 is 47.4. The van der Waals surface area contributed by atoms with Crippen LogP contribution in [0.4, 0.5) is 14.5 Å². The van der Waals surface area contributed by atoms with Crippen molar-refractivity contribution in [3.63, 3.8) is 0 Å². The zero-order valence-corrected chi connectivity index (χ0v) is 16.2. The van der Waals surface area contributed by atoms with Crippen LogP contribution in [0.25, 0.3) is 0 Å². The van der Waals surface area contributed by atoms with Gasteiger partial charge in [-0.15, -0.1) is 0 Å². The number of anilines is 1. The van der Waals surface area contributed by atoms with Crippen molar-refractivity contribution in [1.82, 2.24) is 9.78 Å². The second kappa shape index (κ2) is 7.50. The van der Waals surface area contributed by atoms with Crippen molar-refractivity contribution in [2.24, 2.45) is 9.52 Å². The van der Waals surface area contributed by atoms with E-state index in [1.54, 1.807) is 15.8 Å². The maximum Gasteiger partial charge on any atom is 0.152 e. The molecule has 0 amide bonds. The molecule has 2 aliphatic rings. The first-order valence-electron chi connectivity index (χ1n) is 9.02. The maximum atomic E-state index is 14.7.